The first-order valence-corrected chi connectivity index (χ1v) is 8.94. The number of nitrogens with zero attached hydrogens (tertiary/aromatic N) is 1. The summed E-state index contributed by atoms with van der Waals surface area (Å²) in [4.78, 5) is 16.2. The van der Waals surface area contributed by atoms with Gasteiger partial charge in [0.2, 0.25) is 0 Å². The number of amides is 1. The third kappa shape index (κ3) is 6.57. The van der Waals surface area contributed by atoms with Crippen molar-refractivity contribution in [2.75, 3.05) is 27.3 Å². The molecule has 0 atom stereocenters. The number of methoxy groups -OCH3 is 2. The van der Waals surface area contributed by atoms with Gasteiger partial charge in [0.15, 0.2) is 17.5 Å². The molecule has 162 valence electrons. The molecule has 7 nitrogen and oxygen atoms in total. The van der Waals surface area contributed by atoms with Gasteiger partial charge in [-0.2, -0.15) is 13.2 Å². The quantitative estimate of drug-likeness (QED) is 0.344. The second-order valence-electron chi connectivity index (χ2n) is 6.15. The van der Waals surface area contributed by atoms with Gasteiger partial charge in [0, 0.05) is 18.7 Å². The van der Waals surface area contributed by atoms with Gasteiger partial charge in [-0.1, -0.05) is 6.07 Å². The molecule has 2 aromatic rings. The zero-order chi connectivity index (χ0) is 22.1. The predicted molar refractivity (Wildman–Crippen MR) is 107 cm³/mol. The Balaban J connectivity index is 1.77. The summed E-state index contributed by atoms with van der Waals surface area (Å²) < 4.78 is 48.0. The first-order chi connectivity index (χ1) is 14.2. The highest BCUT2D eigenvalue weighted by molar-refractivity contribution is 5.94. The number of alkyl halides is 3. The number of benzene rings is 2. The molecule has 0 aromatic heterocycles. The number of nitrogens with one attached hydrogen (secondary N) is 2. The summed E-state index contributed by atoms with van der Waals surface area (Å²) in [6, 6.07) is 9.39. The van der Waals surface area contributed by atoms with Crippen LogP contribution in [0.25, 0.3) is 0 Å². The third-order valence-corrected chi connectivity index (χ3v) is 4.07. The van der Waals surface area contributed by atoms with Crippen LogP contribution >= 0.6 is 0 Å². The Kier molecular flexibility index (Phi) is 7.90. The van der Waals surface area contributed by atoms with Crippen molar-refractivity contribution in [2.24, 2.45) is 10.7 Å². The molecule has 0 fully saturated rings. The Labute approximate surface area is 172 Å². The maximum atomic E-state index is 12.5. The molecule has 0 saturated heterocycles. The van der Waals surface area contributed by atoms with Gasteiger partial charge in [0.25, 0.3) is 5.91 Å². The van der Waals surface area contributed by atoms with Gasteiger partial charge < -0.3 is 25.8 Å². The summed E-state index contributed by atoms with van der Waals surface area (Å²) in [5.41, 5.74) is 6.00. The fraction of sp³-hybridized carbons (Fsp3) is 0.300. The molecule has 0 radical (unpaired) electrons. The molecule has 4 N–H and O–H groups in total. The number of carbonyl (C=O) groups is 1. The summed E-state index contributed by atoms with van der Waals surface area (Å²) in [6.45, 7) is 0.831. The SMILES string of the molecule is COc1ccc(CN=C(N)NCCNC(=O)c2ccc(C(F)(F)F)cc2)cc1OC. The molecular weight excluding hydrogens is 401 g/mol. The van der Waals surface area contributed by atoms with Crippen LogP contribution < -0.4 is 25.8 Å². The Morgan fingerprint density at radius 1 is 1.00 bits per heavy atom. The van der Waals surface area contributed by atoms with Crippen molar-refractivity contribution in [3.63, 3.8) is 0 Å². The van der Waals surface area contributed by atoms with Gasteiger partial charge in [-0.25, -0.2) is 4.99 Å². The second kappa shape index (κ2) is 10.4. The van der Waals surface area contributed by atoms with E-state index < -0.39 is 17.6 Å². The van der Waals surface area contributed by atoms with Crippen molar-refractivity contribution in [3.8, 4) is 11.5 Å². The number of rotatable bonds is 8. The second-order valence-corrected chi connectivity index (χ2v) is 6.15. The molecule has 2 aromatic carbocycles. The minimum Gasteiger partial charge on any atom is -0.493 e. The Morgan fingerprint density at radius 2 is 1.63 bits per heavy atom. The summed E-state index contributed by atoms with van der Waals surface area (Å²) in [5.74, 6) is 0.905. The topological polar surface area (TPSA) is 98.0 Å². The smallest absolute Gasteiger partial charge is 0.416 e. The Hall–Kier alpha value is -3.43. The lowest BCUT2D eigenvalue weighted by atomic mass is 10.1. The van der Waals surface area contributed by atoms with Gasteiger partial charge in [-0.05, 0) is 42.0 Å². The van der Waals surface area contributed by atoms with Gasteiger partial charge in [0.1, 0.15) is 0 Å². The summed E-state index contributed by atoms with van der Waals surface area (Å²) in [5, 5.41) is 5.44. The van der Waals surface area contributed by atoms with Crippen LogP contribution in [0.15, 0.2) is 47.5 Å². The summed E-state index contributed by atoms with van der Waals surface area (Å²) in [6.07, 6.45) is -4.44. The molecule has 0 aliphatic carbocycles. The largest absolute Gasteiger partial charge is 0.493 e. The van der Waals surface area contributed by atoms with Crippen LogP contribution in [0.4, 0.5) is 13.2 Å². The number of aliphatic imine (C=N–C) groups is 1. The van der Waals surface area contributed by atoms with Crippen LogP contribution in [0.1, 0.15) is 21.5 Å². The minimum atomic E-state index is -4.44. The maximum absolute atomic E-state index is 12.5. The fourth-order valence-electron chi connectivity index (χ4n) is 2.49. The van der Waals surface area contributed by atoms with Crippen LogP contribution in [0.5, 0.6) is 11.5 Å². The molecule has 0 unspecified atom stereocenters. The van der Waals surface area contributed by atoms with E-state index >= 15 is 0 Å². The van der Waals surface area contributed by atoms with Crippen LogP contribution in [-0.4, -0.2) is 39.2 Å². The molecule has 0 spiro atoms. The lowest BCUT2D eigenvalue weighted by Gasteiger charge is -2.10. The van der Waals surface area contributed by atoms with E-state index in [1.807, 2.05) is 6.07 Å². The first kappa shape index (κ1) is 22.9. The van der Waals surface area contributed by atoms with E-state index in [9.17, 15) is 18.0 Å². The zero-order valence-electron chi connectivity index (χ0n) is 16.5. The molecule has 0 aliphatic heterocycles. The molecule has 0 bridgehead atoms. The highest BCUT2D eigenvalue weighted by atomic mass is 19.4. The van der Waals surface area contributed by atoms with E-state index in [4.69, 9.17) is 15.2 Å². The number of guanidine groups is 1. The van der Waals surface area contributed by atoms with Gasteiger partial charge >= 0.3 is 6.18 Å². The molecule has 0 saturated carbocycles. The zero-order valence-corrected chi connectivity index (χ0v) is 16.5. The molecule has 0 heterocycles. The highest BCUT2D eigenvalue weighted by Gasteiger charge is 2.30. The lowest BCUT2D eigenvalue weighted by molar-refractivity contribution is -0.137. The predicted octanol–water partition coefficient (Wildman–Crippen LogP) is 2.56. The molecule has 30 heavy (non-hydrogen) atoms. The van der Waals surface area contributed by atoms with Gasteiger partial charge in [0.05, 0.1) is 26.3 Å². The molecular formula is C20H23F3N4O3. The maximum Gasteiger partial charge on any atom is 0.416 e. The van der Waals surface area contributed by atoms with Crippen molar-refractivity contribution in [1.82, 2.24) is 10.6 Å². The van der Waals surface area contributed by atoms with E-state index in [0.29, 0.717) is 24.6 Å². The minimum absolute atomic E-state index is 0.137. The number of halogens is 3. The highest BCUT2D eigenvalue weighted by Crippen LogP contribution is 2.29. The van der Waals surface area contributed by atoms with Crippen molar-refractivity contribution < 1.29 is 27.4 Å². The van der Waals surface area contributed by atoms with Crippen molar-refractivity contribution >= 4 is 11.9 Å². The van der Waals surface area contributed by atoms with Crippen molar-refractivity contribution in [1.29, 1.82) is 0 Å². The van der Waals surface area contributed by atoms with Crippen molar-refractivity contribution in [3.05, 3.63) is 59.2 Å². The van der Waals surface area contributed by atoms with E-state index in [1.165, 1.54) is 0 Å². The number of nitrogens with two attached hydrogens (primary N) is 1. The van der Waals surface area contributed by atoms with E-state index in [0.717, 1.165) is 29.8 Å². The number of hydrogen-bond acceptors (Lipinski definition) is 4. The summed E-state index contributed by atoms with van der Waals surface area (Å²) in [7, 11) is 3.09. The average Bonchev–Trinajstić information content (AvgIpc) is 2.74. The monoisotopic (exact) mass is 424 g/mol. The Bertz CT molecular complexity index is 884. The normalized spacial score (nSPS) is 11.7. The molecule has 0 aliphatic rings. The molecule has 1 amide bonds. The molecule has 2 rings (SSSR count). The van der Waals surface area contributed by atoms with E-state index in [-0.39, 0.29) is 18.1 Å². The lowest BCUT2D eigenvalue weighted by Crippen LogP contribution is -2.38. The molecule has 10 heteroatoms. The van der Waals surface area contributed by atoms with E-state index in [1.54, 1.807) is 26.4 Å². The number of ether oxygens (including phenoxy) is 2. The van der Waals surface area contributed by atoms with Gasteiger partial charge in [-0.3, -0.25) is 4.79 Å². The van der Waals surface area contributed by atoms with Crippen LogP contribution in [0.2, 0.25) is 0 Å². The number of hydrogen-bond donors (Lipinski definition) is 3. The fourth-order valence-corrected chi connectivity index (χ4v) is 2.49. The standard InChI is InChI=1S/C20H23F3N4O3/c1-29-16-8-3-13(11-17(16)30-2)12-27-19(24)26-10-9-25-18(28)14-4-6-15(7-5-14)20(21,22)23/h3-8,11H,9-10,12H2,1-2H3,(H,25,28)(H3,24,26,27). The number of carbonyl (C=O) groups excluding carboxylic acids is 1. The van der Waals surface area contributed by atoms with E-state index in [2.05, 4.69) is 15.6 Å². The van der Waals surface area contributed by atoms with Crippen LogP contribution in [-0.2, 0) is 12.7 Å². The van der Waals surface area contributed by atoms with Crippen LogP contribution in [0, 0.1) is 0 Å². The third-order valence-electron chi connectivity index (χ3n) is 4.07. The van der Waals surface area contributed by atoms with Gasteiger partial charge in [-0.15, -0.1) is 0 Å². The average molecular weight is 424 g/mol. The van der Waals surface area contributed by atoms with Crippen LogP contribution in [0.3, 0.4) is 0 Å². The first-order valence-electron chi connectivity index (χ1n) is 8.94. The summed E-state index contributed by atoms with van der Waals surface area (Å²) >= 11 is 0. The van der Waals surface area contributed by atoms with Crippen molar-refractivity contribution in [2.45, 2.75) is 12.7 Å². The Morgan fingerprint density at radius 3 is 2.23 bits per heavy atom.